The molecule has 8 nitrogen and oxygen atoms in total. The van der Waals surface area contributed by atoms with Gasteiger partial charge in [0.15, 0.2) is 5.82 Å². The van der Waals surface area contributed by atoms with Crippen LogP contribution in [0.2, 0.25) is 0 Å². The molecule has 0 aromatic carbocycles. The van der Waals surface area contributed by atoms with E-state index in [1.54, 1.807) is 11.0 Å². The fourth-order valence-electron chi connectivity index (χ4n) is 2.92. The molecule has 0 radical (unpaired) electrons. The zero-order valence-electron chi connectivity index (χ0n) is 14.3. The van der Waals surface area contributed by atoms with Gasteiger partial charge < -0.3 is 9.42 Å². The number of nitrogens with zero attached hydrogens (tertiary/aromatic N) is 6. The van der Waals surface area contributed by atoms with Gasteiger partial charge in [0, 0.05) is 37.9 Å². The molecule has 8 heteroatoms. The van der Waals surface area contributed by atoms with Gasteiger partial charge in [-0.1, -0.05) is 19.0 Å². The van der Waals surface area contributed by atoms with Crippen LogP contribution in [-0.2, 0) is 11.3 Å². The molecule has 3 rings (SSSR count). The number of carbonyl (C=O) groups excluding carboxylic acids is 1. The number of hydrogen-bond acceptors (Lipinski definition) is 6. The maximum absolute atomic E-state index is 12.3. The normalized spacial score (nSPS) is 16.0. The highest BCUT2D eigenvalue weighted by Gasteiger charge is 2.27. The largest absolute Gasteiger partial charge is 0.343 e. The van der Waals surface area contributed by atoms with Gasteiger partial charge in [0.25, 0.3) is 0 Å². The van der Waals surface area contributed by atoms with Gasteiger partial charge in [-0.2, -0.15) is 10.1 Å². The summed E-state index contributed by atoms with van der Waals surface area (Å²) in [6, 6.07) is 0. The summed E-state index contributed by atoms with van der Waals surface area (Å²) in [5.74, 6) is 2.23. The van der Waals surface area contributed by atoms with Crippen molar-refractivity contribution in [1.82, 2.24) is 29.8 Å². The Labute approximate surface area is 141 Å². The van der Waals surface area contributed by atoms with Crippen LogP contribution in [0.25, 0.3) is 0 Å². The first-order valence-electron chi connectivity index (χ1n) is 8.57. The molecule has 130 valence electrons. The van der Waals surface area contributed by atoms with Crippen molar-refractivity contribution in [3.63, 3.8) is 0 Å². The minimum absolute atomic E-state index is 0.210. The number of piperidine rings is 1. The predicted octanol–water partition coefficient (Wildman–Crippen LogP) is 1.97. The third-order valence-corrected chi connectivity index (χ3v) is 4.42. The molecule has 2 aromatic heterocycles. The van der Waals surface area contributed by atoms with E-state index in [0.717, 1.165) is 50.6 Å². The lowest BCUT2D eigenvalue weighted by Crippen LogP contribution is -2.38. The van der Waals surface area contributed by atoms with E-state index in [4.69, 9.17) is 4.52 Å². The Bertz CT molecular complexity index is 643. The lowest BCUT2D eigenvalue weighted by atomic mass is 9.96. The van der Waals surface area contributed by atoms with Crippen LogP contribution in [0.4, 0.5) is 0 Å². The maximum atomic E-state index is 12.3. The Hall–Kier alpha value is -2.25. The monoisotopic (exact) mass is 332 g/mol. The second kappa shape index (κ2) is 7.55. The molecule has 24 heavy (non-hydrogen) atoms. The molecule has 1 saturated heterocycles. The van der Waals surface area contributed by atoms with E-state index >= 15 is 0 Å². The van der Waals surface area contributed by atoms with Crippen molar-refractivity contribution in [3.05, 3.63) is 24.4 Å². The highest BCUT2D eigenvalue weighted by Crippen LogP contribution is 2.28. The quantitative estimate of drug-likeness (QED) is 0.803. The summed E-state index contributed by atoms with van der Waals surface area (Å²) in [6.45, 7) is 6.34. The van der Waals surface area contributed by atoms with Gasteiger partial charge in [0.2, 0.25) is 11.8 Å². The first-order chi connectivity index (χ1) is 11.6. The summed E-state index contributed by atoms with van der Waals surface area (Å²) in [5, 5.41) is 8.07. The summed E-state index contributed by atoms with van der Waals surface area (Å²) in [7, 11) is 0. The van der Waals surface area contributed by atoms with Crippen LogP contribution in [0.15, 0.2) is 17.2 Å². The SMILES string of the molecule is CC(C)c1noc(C2CCN(C(=O)CCCn3cncn3)CC2)n1. The van der Waals surface area contributed by atoms with Crippen molar-refractivity contribution in [2.75, 3.05) is 13.1 Å². The summed E-state index contributed by atoms with van der Waals surface area (Å²) >= 11 is 0. The summed E-state index contributed by atoms with van der Waals surface area (Å²) in [6.07, 6.45) is 6.27. The molecule has 1 amide bonds. The molecule has 1 aliphatic rings. The van der Waals surface area contributed by atoms with Gasteiger partial charge in [-0.05, 0) is 19.3 Å². The molecule has 0 bridgehead atoms. The number of amides is 1. The van der Waals surface area contributed by atoms with Crippen molar-refractivity contribution < 1.29 is 9.32 Å². The van der Waals surface area contributed by atoms with E-state index in [1.807, 2.05) is 4.90 Å². The van der Waals surface area contributed by atoms with Gasteiger partial charge in [0.05, 0.1) is 0 Å². The Balaban J connectivity index is 1.43. The first kappa shape index (κ1) is 16.6. The molecule has 3 heterocycles. The fourth-order valence-corrected chi connectivity index (χ4v) is 2.92. The molecule has 1 fully saturated rings. The molecule has 0 unspecified atom stereocenters. The van der Waals surface area contributed by atoms with E-state index in [9.17, 15) is 4.79 Å². The van der Waals surface area contributed by atoms with Crippen LogP contribution in [0, 0.1) is 0 Å². The average molecular weight is 332 g/mol. The van der Waals surface area contributed by atoms with E-state index in [1.165, 1.54) is 6.33 Å². The third-order valence-electron chi connectivity index (χ3n) is 4.42. The molecule has 1 aliphatic heterocycles. The highest BCUT2D eigenvalue weighted by atomic mass is 16.5. The van der Waals surface area contributed by atoms with E-state index in [-0.39, 0.29) is 17.7 Å². The lowest BCUT2D eigenvalue weighted by molar-refractivity contribution is -0.132. The van der Waals surface area contributed by atoms with Crippen LogP contribution in [0.5, 0.6) is 0 Å². The Morgan fingerprint density at radius 1 is 1.38 bits per heavy atom. The summed E-state index contributed by atoms with van der Waals surface area (Å²) in [4.78, 5) is 22.6. The molecule has 0 N–H and O–H groups in total. The second-order valence-corrected chi connectivity index (χ2v) is 6.56. The van der Waals surface area contributed by atoms with E-state index in [0.29, 0.717) is 6.42 Å². The maximum Gasteiger partial charge on any atom is 0.229 e. The van der Waals surface area contributed by atoms with Crippen molar-refractivity contribution in [2.45, 2.75) is 57.9 Å². The molecule has 2 aromatic rings. The van der Waals surface area contributed by atoms with Crippen LogP contribution < -0.4 is 0 Å². The Morgan fingerprint density at radius 2 is 2.17 bits per heavy atom. The standard InChI is InChI=1S/C16H24N6O2/c1-12(2)15-19-16(24-20-15)13-5-8-21(9-6-13)14(23)4-3-7-22-11-17-10-18-22/h10-13H,3-9H2,1-2H3. The number of aryl methyl sites for hydroxylation is 1. The Kier molecular flexibility index (Phi) is 5.22. The zero-order valence-corrected chi connectivity index (χ0v) is 14.3. The first-order valence-corrected chi connectivity index (χ1v) is 8.57. The predicted molar refractivity (Wildman–Crippen MR) is 86.2 cm³/mol. The number of hydrogen-bond donors (Lipinski definition) is 0. The minimum Gasteiger partial charge on any atom is -0.343 e. The van der Waals surface area contributed by atoms with Crippen molar-refractivity contribution in [2.24, 2.45) is 0 Å². The van der Waals surface area contributed by atoms with Gasteiger partial charge in [-0.3, -0.25) is 9.48 Å². The van der Waals surface area contributed by atoms with Crippen molar-refractivity contribution >= 4 is 5.91 Å². The topological polar surface area (TPSA) is 89.9 Å². The molecule has 0 spiro atoms. The average Bonchev–Trinajstić information content (AvgIpc) is 3.26. The number of rotatable bonds is 6. The van der Waals surface area contributed by atoms with Crippen molar-refractivity contribution in [3.8, 4) is 0 Å². The fraction of sp³-hybridized carbons (Fsp3) is 0.688. The van der Waals surface area contributed by atoms with Gasteiger partial charge in [0.1, 0.15) is 12.7 Å². The summed E-state index contributed by atoms with van der Waals surface area (Å²) in [5.41, 5.74) is 0. The van der Waals surface area contributed by atoms with E-state index < -0.39 is 0 Å². The van der Waals surface area contributed by atoms with Gasteiger partial charge in [-0.15, -0.1) is 0 Å². The second-order valence-electron chi connectivity index (χ2n) is 6.56. The number of aromatic nitrogens is 5. The van der Waals surface area contributed by atoms with Crippen LogP contribution in [0.3, 0.4) is 0 Å². The minimum atomic E-state index is 0.210. The van der Waals surface area contributed by atoms with Crippen LogP contribution in [-0.4, -0.2) is 48.8 Å². The van der Waals surface area contributed by atoms with Crippen LogP contribution >= 0.6 is 0 Å². The number of likely N-dealkylation sites (tertiary alicyclic amines) is 1. The van der Waals surface area contributed by atoms with Crippen molar-refractivity contribution in [1.29, 1.82) is 0 Å². The van der Waals surface area contributed by atoms with Gasteiger partial charge >= 0.3 is 0 Å². The van der Waals surface area contributed by atoms with Gasteiger partial charge in [-0.25, -0.2) is 4.98 Å². The Morgan fingerprint density at radius 3 is 2.79 bits per heavy atom. The lowest BCUT2D eigenvalue weighted by Gasteiger charge is -2.30. The zero-order chi connectivity index (χ0) is 16.9. The molecule has 0 aliphatic carbocycles. The highest BCUT2D eigenvalue weighted by molar-refractivity contribution is 5.76. The molecule has 0 atom stereocenters. The van der Waals surface area contributed by atoms with Crippen LogP contribution in [0.1, 0.15) is 63.1 Å². The van der Waals surface area contributed by atoms with E-state index in [2.05, 4.69) is 34.1 Å². The molecular weight excluding hydrogens is 308 g/mol. The molecular formula is C16H24N6O2. The third kappa shape index (κ3) is 3.98. The number of carbonyl (C=O) groups is 1. The summed E-state index contributed by atoms with van der Waals surface area (Å²) < 4.78 is 7.14. The smallest absolute Gasteiger partial charge is 0.229 e. The molecule has 0 saturated carbocycles.